The summed E-state index contributed by atoms with van der Waals surface area (Å²) < 4.78 is 0. The quantitative estimate of drug-likeness (QED) is 0.689. The minimum Gasteiger partial charge on any atom is -0.314 e. The molecule has 2 fully saturated rings. The van der Waals surface area contributed by atoms with Crippen molar-refractivity contribution in [2.75, 3.05) is 39.8 Å². The minimum absolute atomic E-state index is 0. The zero-order valence-electron chi connectivity index (χ0n) is 9.20. The van der Waals surface area contributed by atoms with Gasteiger partial charge in [0.1, 0.15) is 0 Å². The van der Waals surface area contributed by atoms with Crippen molar-refractivity contribution in [1.29, 1.82) is 0 Å². The topological polar surface area (TPSA) is 18.5 Å². The van der Waals surface area contributed by atoms with Gasteiger partial charge < -0.3 is 10.2 Å². The largest absolute Gasteiger partial charge is 0.314 e. The Labute approximate surface area is 93.2 Å². The number of rotatable bonds is 1. The van der Waals surface area contributed by atoms with E-state index in [1.54, 1.807) is 0 Å². The lowest BCUT2D eigenvalue weighted by atomic mass is 10.1. The van der Waals surface area contributed by atoms with Crippen molar-refractivity contribution in [1.82, 2.24) is 15.1 Å². The molecule has 2 heterocycles. The van der Waals surface area contributed by atoms with Gasteiger partial charge in [0.25, 0.3) is 0 Å². The van der Waals surface area contributed by atoms with E-state index in [9.17, 15) is 0 Å². The maximum Gasteiger partial charge on any atom is 0.0348 e. The van der Waals surface area contributed by atoms with Crippen LogP contribution in [0.4, 0.5) is 0 Å². The number of hydrogen-bond acceptors (Lipinski definition) is 3. The van der Waals surface area contributed by atoms with Crippen LogP contribution >= 0.6 is 12.4 Å². The van der Waals surface area contributed by atoms with Crippen molar-refractivity contribution in [3.05, 3.63) is 0 Å². The number of likely N-dealkylation sites (N-methyl/N-ethyl adjacent to an activating group) is 1. The highest BCUT2D eigenvalue weighted by molar-refractivity contribution is 5.85. The molecular formula is C10H22ClN3. The molecular weight excluding hydrogens is 198 g/mol. The molecule has 1 N–H and O–H groups in total. The second-order valence-electron chi connectivity index (χ2n) is 4.49. The molecule has 2 rings (SSSR count). The standard InChI is InChI=1S/C10H21N3.ClH/c1-9-3-4-12(2)5-6-13(9)10-7-11-8-10;/h9-11H,3-8H2,1-2H3;1H. The maximum atomic E-state index is 3.36. The van der Waals surface area contributed by atoms with Gasteiger partial charge in [-0.1, -0.05) is 0 Å². The van der Waals surface area contributed by atoms with E-state index in [2.05, 4.69) is 29.1 Å². The van der Waals surface area contributed by atoms with Crippen molar-refractivity contribution in [2.24, 2.45) is 0 Å². The SMILES string of the molecule is CC1CCN(C)CCN1C1CNC1.Cl. The third-order valence-corrected chi connectivity index (χ3v) is 3.46. The van der Waals surface area contributed by atoms with Gasteiger partial charge in [-0.25, -0.2) is 0 Å². The van der Waals surface area contributed by atoms with E-state index in [-0.39, 0.29) is 12.4 Å². The first-order valence-corrected chi connectivity index (χ1v) is 5.42. The molecule has 0 saturated carbocycles. The molecule has 0 spiro atoms. The molecule has 84 valence electrons. The van der Waals surface area contributed by atoms with Crippen LogP contribution in [0.25, 0.3) is 0 Å². The number of nitrogens with one attached hydrogen (secondary N) is 1. The van der Waals surface area contributed by atoms with Gasteiger partial charge in [0, 0.05) is 38.3 Å². The maximum absolute atomic E-state index is 3.36. The van der Waals surface area contributed by atoms with Crippen LogP contribution in [-0.2, 0) is 0 Å². The zero-order valence-corrected chi connectivity index (χ0v) is 10.0. The van der Waals surface area contributed by atoms with Crippen molar-refractivity contribution in [2.45, 2.75) is 25.4 Å². The summed E-state index contributed by atoms with van der Waals surface area (Å²) in [6.45, 7) is 8.53. The fourth-order valence-electron chi connectivity index (χ4n) is 2.24. The summed E-state index contributed by atoms with van der Waals surface area (Å²) in [7, 11) is 2.23. The molecule has 2 aliphatic rings. The molecule has 0 bridgehead atoms. The van der Waals surface area contributed by atoms with Crippen LogP contribution in [0.1, 0.15) is 13.3 Å². The van der Waals surface area contributed by atoms with Gasteiger partial charge in [-0.05, 0) is 26.9 Å². The monoisotopic (exact) mass is 219 g/mol. The Morgan fingerprint density at radius 1 is 1.14 bits per heavy atom. The Hall–Kier alpha value is 0.170. The fraction of sp³-hybridized carbons (Fsp3) is 1.00. The number of halogens is 1. The molecule has 1 atom stereocenters. The van der Waals surface area contributed by atoms with Gasteiger partial charge in [-0.15, -0.1) is 12.4 Å². The van der Waals surface area contributed by atoms with Crippen molar-refractivity contribution in [3.8, 4) is 0 Å². The lowest BCUT2D eigenvalue weighted by Crippen LogP contribution is -2.59. The van der Waals surface area contributed by atoms with Crippen molar-refractivity contribution < 1.29 is 0 Å². The molecule has 2 saturated heterocycles. The molecule has 0 aromatic carbocycles. The van der Waals surface area contributed by atoms with E-state index in [0.29, 0.717) is 0 Å². The second-order valence-corrected chi connectivity index (χ2v) is 4.49. The summed E-state index contributed by atoms with van der Waals surface area (Å²) in [5, 5.41) is 3.36. The summed E-state index contributed by atoms with van der Waals surface area (Å²) >= 11 is 0. The van der Waals surface area contributed by atoms with Crippen LogP contribution in [-0.4, -0.2) is 61.7 Å². The van der Waals surface area contributed by atoms with Crippen molar-refractivity contribution in [3.63, 3.8) is 0 Å². The average molecular weight is 220 g/mol. The van der Waals surface area contributed by atoms with E-state index < -0.39 is 0 Å². The molecule has 14 heavy (non-hydrogen) atoms. The van der Waals surface area contributed by atoms with Crippen LogP contribution in [0.3, 0.4) is 0 Å². The molecule has 0 radical (unpaired) electrons. The van der Waals surface area contributed by atoms with Gasteiger partial charge in [0.2, 0.25) is 0 Å². The summed E-state index contributed by atoms with van der Waals surface area (Å²) in [6.07, 6.45) is 1.33. The second kappa shape index (κ2) is 5.31. The predicted octanol–water partition coefficient (Wildman–Crippen LogP) is 0.406. The Morgan fingerprint density at radius 3 is 2.43 bits per heavy atom. The van der Waals surface area contributed by atoms with Gasteiger partial charge in [-0.2, -0.15) is 0 Å². The summed E-state index contributed by atoms with van der Waals surface area (Å²) in [6, 6.07) is 1.60. The van der Waals surface area contributed by atoms with Crippen molar-refractivity contribution >= 4 is 12.4 Å². The van der Waals surface area contributed by atoms with Crippen LogP contribution in [0, 0.1) is 0 Å². The van der Waals surface area contributed by atoms with E-state index in [0.717, 1.165) is 12.1 Å². The summed E-state index contributed by atoms with van der Waals surface area (Å²) in [4.78, 5) is 5.13. The minimum atomic E-state index is 0. The molecule has 1 unspecified atom stereocenters. The van der Waals surface area contributed by atoms with Gasteiger partial charge in [0.15, 0.2) is 0 Å². The summed E-state index contributed by atoms with van der Waals surface area (Å²) in [5.41, 5.74) is 0. The van der Waals surface area contributed by atoms with Crippen LogP contribution in [0.2, 0.25) is 0 Å². The normalized spacial score (nSPS) is 31.7. The fourth-order valence-corrected chi connectivity index (χ4v) is 2.24. The van der Waals surface area contributed by atoms with Crippen LogP contribution < -0.4 is 5.32 Å². The predicted molar refractivity (Wildman–Crippen MR) is 62.2 cm³/mol. The number of nitrogens with zero attached hydrogens (tertiary/aromatic N) is 2. The Balaban J connectivity index is 0.000000980. The Bertz CT molecular complexity index is 173. The molecule has 4 heteroatoms. The smallest absolute Gasteiger partial charge is 0.0348 e. The average Bonchev–Trinajstić information content (AvgIpc) is 2.16. The zero-order chi connectivity index (χ0) is 9.26. The molecule has 0 aromatic heterocycles. The first-order valence-electron chi connectivity index (χ1n) is 5.42. The van der Waals surface area contributed by atoms with E-state index in [1.165, 1.54) is 39.1 Å². The van der Waals surface area contributed by atoms with E-state index in [4.69, 9.17) is 0 Å². The first-order chi connectivity index (χ1) is 6.27. The van der Waals surface area contributed by atoms with E-state index >= 15 is 0 Å². The van der Waals surface area contributed by atoms with Crippen LogP contribution in [0.15, 0.2) is 0 Å². The molecule has 3 nitrogen and oxygen atoms in total. The third kappa shape index (κ3) is 2.60. The van der Waals surface area contributed by atoms with Gasteiger partial charge in [-0.3, -0.25) is 4.90 Å². The van der Waals surface area contributed by atoms with E-state index in [1.807, 2.05) is 0 Å². The highest BCUT2D eigenvalue weighted by atomic mass is 35.5. The first kappa shape index (κ1) is 12.2. The lowest BCUT2D eigenvalue weighted by molar-refractivity contribution is 0.109. The molecule has 0 aliphatic carbocycles. The lowest BCUT2D eigenvalue weighted by Gasteiger charge is -2.40. The van der Waals surface area contributed by atoms with Crippen LogP contribution in [0.5, 0.6) is 0 Å². The highest BCUT2D eigenvalue weighted by Crippen LogP contribution is 2.15. The molecule has 0 aromatic rings. The Kier molecular flexibility index (Phi) is 4.64. The van der Waals surface area contributed by atoms with Gasteiger partial charge >= 0.3 is 0 Å². The number of hydrogen-bond donors (Lipinski definition) is 1. The Morgan fingerprint density at radius 2 is 1.86 bits per heavy atom. The van der Waals surface area contributed by atoms with Gasteiger partial charge in [0.05, 0.1) is 0 Å². The third-order valence-electron chi connectivity index (χ3n) is 3.46. The molecule has 0 amide bonds. The molecule has 2 aliphatic heterocycles. The summed E-state index contributed by atoms with van der Waals surface area (Å²) in [5.74, 6) is 0. The highest BCUT2D eigenvalue weighted by Gasteiger charge is 2.29.